The number of carbonyl (C=O) groups is 2. The van der Waals surface area contributed by atoms with E-state index in [1.807, 2.05) is 18.7 Å². The van der Waals surface area contributed by atoms with Crippen LogP contribution in [0.5, 0.6) is 0 Å². The molecule has 20 heavy (non-hydrogen) atoms. The Kier molecular flexibility index (Phi) is 5.42. The van der Waals surface area contributed by atoms with Crippen LogP contribution >= 0.6 is 0 Å². The van der Waals surface area contributed by atoms with Crippen LogP contribution in [0.3, 0.4) is 0 Å². The van der Waals surface area contributed by atoms with Gasteiger partial charge < -0.3 is 14.9 Å². The molecule has 0 aromatic heterocycles. The number of carboxylic acid groups (broad SMARTS) is 1. The highest BCUT2D eigenvalue weighted by Crippen LogP contribution is 2.34. The first kappa shape index (κ1) is 16.8. The zero-order chi connectivity index (χ0) is 15.5. The Balaban J connectivity index is 2.65. The normalized spacial score (nSPS) is 19.5. The summed E-state index contributed by atoms with van der Waals surface area (Å²) in [6.07, 6.45) is 1.03. The van der Waals surface area contributed by atoms with Crippen LogP contribution in [0.2, 0.25) is 0 Å². The first-order valence-electron chi connectivity index (χ1n) is 7.40. The average molecular weight is 284 g/mol. The van der Waals surface area contributed by atoms with Crippen LogP contribution in [0.25, 0.3) is 0 Å². The van der Waals surface area contributed by atoms with Crippen LogP contribution in [0, 0.1) is 11.3 Å². The van der Waals surface area contributed by atoms with Gasteiger partial charge in [0.2, 0.25) is 0 Å². The molecule has 0 aliphatic carbocycles. The predicted molar refractivity (Wildman–Crippen MR) is 78.6 cm³/mol. The quantitative estimate of drug-likeness (QED) is 0.863. The largest absolute Gasteiger partial charge is 0.481 e. The summed E-state index contributed by atoms with van der Waals surface area (Å²) in [5.41, 5.74) is 0.207. The summed E-state index contributed by atoms with van der Waals surface area (Å²) < 4.78 is 0. The van der Waals surface area contributed by atoms with Crippen molar-refractivity contribution < 1.29 is 14.7 Å². The molecule has 0 aromatic rings. The molecule has 116 valence electrons. The summed E-state index contributed by atoms with van der Waals surface area (Å²) in [5, 5.41) is 8.79. The third-order valence-corrected chi connectivity index (χ3v) is 4.12. The van der Waals surface area contributed by atoms with Crippen molar-refractivity contribution in [3.05, 3.63) is 0 Å². The topological polar surface area (TPSA) is 60.9 Å². The maximum Gasteiger partial charge on any atom is 0.320 e. The molecule has 1 aliphatic heterocycles. The van der Waals surface area contributed by atoms with Crippen molar-refractivity contribution in [2.75, 3.05) is 19.6 Å². The number of hydrogen-bond donors (Lipinski definition) is 1. The van der Waals surface area contributed by atoms with E-state index in [1.165, 1.54) is 0 Å². The van der Waals surface area contributed by atoms with Crippen LogP contribution in [-0.4, -0.2) is 52.6 Å². The van der Waals surface area contributed by atoms with Crippen LogP contribution in [0.1, 0.15) is 47.5 Å². The maximum atomic E-state index is 12.5. The maximum absolute atomic E-state index is 12.5. The molecule has 1 heterocycles. The summed E-state index contributed by atoms with van der Waals surface area (Å²) in [4.78, 5) is 26.8. The van der Waals surface area contributed by atoms with E-state index in [0.29, 0.717) is 5.92 Å². The molecule has 1 N–H and O–H groups in total. The summed E-state index contributed by atoms with van der Waals surface area (Å²) in [6, 6.07) is 0.00327. The third kappa shape index (κ3) is 4.39. The molecule has 0 bridgehead atoms. The molecule has 1 unspecified atom stereocenters. The molecule has 0 spiro atoms. The second-order valence-corrected chi connectivity index (χ2v) is 7.01. The highest BCUT2D eigenvalue weighted by atomic mass is 16.4. The smallest absolute Gasteiger partial charge is 0.320 e. The van der Waals surface area contributed by atoms with Gasteiger partial charge in [-0.15, -0.1) is 0 Å². The number of hydrogen-bond acceptors (Lipinski definition) is 2. The van der Waals surface area contributed by atoms with Crippen LogP contribution < -0.4 is 0 Å². The zero-order valence-corrected chi connectivity index (χ0v) is 13.3. The van der Waals surface area contributed by atoms with Gasteiger partial charge >= 0.3 is 12.0 Å². The van der Waals surface area contributed by atoms with Gasteiger partial charge in [-0.3, -0.25) is 4.79 Å². The molecule has 1 aliphatic rings. The van der Waals surface area contributed by atoms with Crippen molar-refractivity contribution in [3.8, 4) is 0 Å². The lowest BCUT2D eigenvalue weighted by atomic mass is 9.80. The van der Waals surface area contributed by atoms with Gasteiger partial charge in [-0.2, -0.15) is 0 Å². The standard InChI is InChI=1S/C15H28N2O3/c1-11(2)17(9-7-13(18)19)14(20)16-8-6-12(10-16)15(3,4)5/h11-12H,6-10H2,1-5H3,(H,18,19). The van der Waals surface area contributed by atoms with Crippen molar-refractivity contribution >= 4 is 12.0 Å². The summed E-state index contributed by atoms with van der Waals surface area (Å²) in [6.45, 7) is 12.3. The SMILES string of the molecule is CC(C)N(CCC(=O)O)C(=O)N1CCC(C(C)(C)C)C1. The van der Waals surface area contributed by atoms with E-state index in [4.69, 9.17) is 5.11 Å². The van der Waals surface area contributed by atoms with Crippen molar-refractivity contribution in [2.45, 2.75) is 53.5 Å². The number of amides is 2. The van der Waals surface area contributed by atoms with Crippen molar-refractivity contribution in [3.63, 3.8) is 0 Å². The minimum absolute atomic E-state index is 0.000456. The van der Waals surface area contributed by atoms with Crippen molar-refractivity contribution in [2.24, 2.45) is 11.3 Å². The van der Waals surface area contributed by atoms with Gasteiger partial charge in [0.05, 0.1) is 6.42 Å². The predicted octanol–water partition coefficient (Wildman–Crippen LogP) is 2.66. The second kappa shape index (κ2) is 6.46. The fourth-order valence-corrected chi connectivity index (χ4v) is 2.61. The fraction of sp³-hybridized carbons (Fsp3) is 0.867. The molecule has 1 saturated heterocycles. The van der Waals surface area contributed by atoms with Gasteiger partial charge in [0.25, 0.3) is 0 Å². The number of nitrogens with zero attached hydrogens (tertiary/aromatic N) is 2. The fourth-order valence-electron chi connectivity index (χ4n) is 2.61. The number of aliphatic carboxylic acids is 1. The van der Waals surface area contributed by atoms with Gasteiger partial charge in [0.15, 0.2) is 0 Å². The number of rotatable bonds is 4. The first-order chi connectivity index (χ1) is 9.12. The molecular weight excluding hydrogens is 256 g/mol. The number of urea groups is 1. The van der Waals surface area contributed by atoms with Gasteiger partial charge in [0.1, 0.15) is 0 Å². The van der Waals surface area contributed by atoms with E-state index in [0.717, 1.165) is 19.5 Å². The highest BCUT2D eigenvalue weighted by molar-refractivity contribution is 5.76. The average Bonchev–Trinajstić information content (AvgIpc) is 2.76. The Labute approximate surface area is 121 Å². The molecular formula is C15H28N2O3. The Morgan fingerprint density at radius 3 is 2.35 bits per heavy atom. The Bertz CT molecular complexity index is 361. The molecule has 2 amide bonds. The number of carboxylic acids is 1. The highest BCUT2D eigenvalue weighted by Gasteiger charge is 2.35. The molecule has 0 aromatic carbocycles. The van der Waals surface area contributed by atoms with E-state index >= 15 is 0 Å². The second-order valence-electron chi connectivity index (χ2n) is 7.01. The first-order valence-corrected chi connectivity index (χ1v) is 7.40. The lowest BCUT2D eigenvalue weighted by Crippen LogP contribution is -2.46. The molecule has 1 fully saturated rings. The minimum atomic E-state index is -0.863. The molecule has 0 radical (unpaired) electrons. The molecule has 1 rings (SSSR count). The zero-order valence-electron chi connectivity index (χ0n) is 13.3. The minimum Gasteiger partial charge on any atom is -0.481 e. The Hall–Kier alpha value is -1.26. The van der Waals surface area contributed by atoms with E-state index in [1.54, 1.807) is 4.90 Å². The van der Waals surface area contributed by atoms with Crippen LogP contribution in [-0.2, 0) is 4.79 Å². The molecule has 0 saturated carbocycles. The Morgan fingerprint density at radius 2 is 1.95 bits per heavy atom. The molecule has 5 heteroatoms. The lowest BCUT2D eigenvalue weighted by molar-refractivity contribution is -0.137. The van der Waals surface area contributed by atoms with Crippen LogP contribution in [0.15, 0.2) is 0 Å². The summed E-state index contributed by atoms with van der Waals surface area (Å²) in [5.74, 6) is -0.350. The van der Waals surface area contributed by atoms with E-state index in [9.17, 15) is 9.59 Å². The van der Waals surface area contributed by atoms with Gasteiger partial charge in [-0.1, -0.05) is 20.8 Å². The third-order valence-electron chi connectivity index (χ3n) is 4.12. The Morgan fingerprint density at radius 1 is 1.35 bits per heavy atom. The van der Waals surface area contributed by atoms with Gasteiger partial charge in [-0.05, 0) is 31.6 Å². The number of carbonyl (C=O) groups excluding carboxylic acids is 1. The number of likely N-dealkylation sites (tertiary alicyclic amines) is 1. The summed E-state index contributed by atoms with van der Waals surface area (Å²) >= 11 is 0. The van der Waals surface area contributed by atoms with E-state index in [-0.39, 0.29) is 30.5 Å². The summed E-state index contributed by atoms with van der Waals surface area (Å²) in [7, 11) is 0. The van der Waals surface area contributed by atoms with Gasteiger partial charge in [-0.25, -0.2) is 4.79 Å². The monoisotopic (exact) mass is 284 g/mol. The van der Waals surface area contributed by atoms with Crippen molar-refractivity contribution in [1.29, 1.82) is 0 Å². The van der Waals surface area contributed by atoms with E-state index in [2.05, 4.69) is 20.8 Å². The van der Waals surface area contributed by atoms with E-state index < -0.39 is 5.97 Å². The van der Waals surface area contributed by atoms with Crippen molar-refractivity contribution in [1.82, 2.24) is 9.80 Å². The van der Waals surface area contributed by atoms with Crippen LogP contribution in [0.4, 0.5) is 4.79 Å². The van der Waals surface area contributed by atoms with Gasteiger partial charge in [0, 0.05) is 25.7 Å². The molecule has 5 nitrogen and oxygen atoms in total. The lowest BCUT2D eigenvalue weighted by Gasteiger charge is -2.32. The molecule has 1 atom stereocenters.